The summed E-state index contributed by atoms with van der Waals surface area (Å²) in [7, 11) is 1.81. The average molecular weight is 281 g/mol. The molecule has 2 N–H and O–H groups in total. The molecule has 0 spiro atoms. The van der Waals surface area contributed by atoms with Crippen LogP contribution in [0.1, 0.15) is 12.6 Å². The number of rotatable bonds is 4. The van der Waals surface area contributed by atoms with Gasteiger partial charge >= 0.3 is 6.03 Å². The number of nitrogens with one attached hydrogen (secondary N) is 2. The van der Waals surface area contributed by atoms with Crippen molar-refractivity contribution in [2.45, 2.75) is 19.9 Å². The van der Waals surface area contributed by atoms with E-state index in [1.807, 2.05) is 19.9 Å². The molecule has 20 heavy (non-hydrogen) atoms. The molecule has 0 radical (unpaired) electrons. The third-order valence-electron chi connectivity index (χ3n) is 3.26. The Bertz CT molecular complexity index is 454. The minimum atomic E-state index is -0.200. The Hall–Kier alpha value is -1.60. The topological polar surface area (TPSA) is 71.4 Å². The van der Waals surface area contributed by atoms with Gasteiger partial charge in [-0.1, -0.05) is 0 Å². The first-order valence-electron chi connectivity index (χ1n) is 6.93. The number of nitrogens with zero attached hydrogens (tertiary/aromatic N) is 3. The molecular formula is C13H23N5O2. The smallest absolute Gasteiger partial charge is 0.320 e. The number of urea groups is 1. The van der Waals surface area contributed by atoms with Crippen molar-refractivity contribution in [1.82, 2.24) is 20.0 Å². The van der Waals surface area contributed by atoms with Crippen LogP contribution in [0.4, 0.5) is 10.6 Å². The molecule has 1 saturated heterocycles. The highest BCUT2D eigenvalue weighted by Gasteiger charge is 2.15. The summed E-state index contributed by atoms with van der Waals surface area (Å²) in [5.41, 5.74) is 0.879. The van der Waals surface area contributed by atoms with Crippen LogP contribution in [0.3, 0.4) is 0 Å². The fourth-order valence-corrected chi connectivity index (χ4v) is 2.32. The Labute approximate surface area is 119 Å². The van der Waals surface area contributed by atoms with Gasteiger partial charge < -0.3 is 10.1 Å². The average Bonchev–Trinajstić information content (AvgIpc) is 2.68. The summed E-state index contributed by atoms with van der Waals surface area (Å²) in [6.45, 7) is 8.12. The van der Waals surface area contributed by atoms with E-state index in [1.165, 1.54) is 0 Å². The zero-order chi connectivity index (χ0) is 14.5. The van der Waals surface area contributed by atoms with Crippen LogP contribution in [0, 0.1) is 6.92 Å². The van der Waals surface area contributed by atoms with Gasteiger partial charge in [0.1, 0.15) is 5.82 Å². The van der Waals surface area contributed by atoms with Gasteiger partial charge in [-0.25, -0.2) is 4.79 Å². The quantitative estimate of drug-likeness (QED) is 0.846. The number of amides is 2. The molecule has 1 aromatic heterocycles. The van der Waals surface area contributed by atoms with E-state index in [0.29, 0.717) is 5.82 Å². The lowest BCUT2D eigenvalue weighted by Gasteiger charge is -2.29. The monoisotopic (exact) mass is 281 g/mol. The fourth-order valence-electron chi connectivity index (χ4n) is 2.32. The lowest BCUT2D eigenvalue weighted by molar-refractivity contribution is 0.0350. The Kier molecular flexibility index (Phi) is 4.97. The molecule has 2 rings (SSSR count). The van der Waals surface area contributed by atoms with Gasteiger partial charge in [-0.15, -0.1) is 0 Å². The SMILES string of the molecule is Cc1cc(NC(=O)NC(C)CN2CCOCC2)n(C)n1. The third kappa shape index (κ3) is 4.21. The second kappa shape index (κ2) is 6.71. The summed E-state index contributed by atoms with van der Waals surface area (Å²) in [6.07, 6.45) is 0. The van der Waals surface area contributed by atoms with E-state index >= 15 is 0 Å². The maximum absolute atomic E-state index is 11.9. The molecule has 1 unspecified atom stereocenters. The van der Waals surface area contributed by atoms with Gasteiger partial charge in [-0.3, -0.25) is 14.9 Å². The minimum Gasteiger partial charge on any atom is -0.379 e. The number of hydrogen-bond donors (Lipinski definition) is 2. The Morgan fingerprint density at radius 1 is 1.50 bits per heavy atom. The first-order chi connectivity index (χ1) is 9.54. The zero-order valence-electron chi connectivity index (χ0n) is 12.3. The van der Waals surface area contributed by atoms with E-state index in [1.54, 1.807) is 11.7 Å². The largest absolute Gasteiger partial charge is 0.379 e. The molecule has 7 nitrogen and oxygen atoms in total. The van der Waals surface area contributed by atoms with Crippen molar-refractivity contribution in [1.29, 1.82) is 0 Å². The Balaban J connectivity index is 1.77. The van der Waals surface area contributed by atoms with Crippen molar-refractivity contribution in [3.8, 4) is 0 Å². The van der Waals surface area contributed by atoms with Gasteiger partial charge in [-0.05, 0) is 13.8 Å². The van der Waals surface area contributed by atoms with E-state index in [-0.39, 0.29) is 12.1 Å². The van der Waals surface area contributed by atoms with Gasteiger partial charge in [0.2, 0.25) is 0 Å². The maximum atomic E-state index is 11.9. The highest BCUT2D eigenvalue weighted by atomic mass is 16.5. The van der Waals surface area contributed by atoms with Crippen molar-refractivity contribution < 1.29 is 9.53 Å². The molecule has 2 heterocycles. The molecule has 0 saturated carbocycles. The Morgan fingerprint density at radius 3 is 2.80 bits per heavy atom. The lowest BCUT2D eigenvalue weighted by atomic mass is 10.3. The van der Waals surface area contributed by atoms with E-state index in [2.05, 4.69) is 20.6 Å². The summed E-state index contributed by atoms with van der Waals surface area (Å²) >= 11 is 0. The number of morpholine rings is 1. The number of carbonyl (C=O) groups excluding carboxylic acids is 1. The molecule has 1 fully saturated rings. The summed E-state index contributed by atoms with van der Waals surface area (Å²) in [5, 5.41) is 9.93. The summed E-state index contributed by atoms with van der Waals surface area (Å²) in [5.74, 6) is 0.693. The number of aryl methyl sites for hydroxylation is 2. The number of ether oxygens (including phenoxy) is 1. The fraction of sp³-hybridized carbons (Fsp3) is 0.692. The second-order valence-corrected chi connectivity index (χ2v) is 5.21. The van der Waals surface area contributed by atoms with E-state index in [9.17, 15) is 4.79 Å². The van der Waals surface area contributed by atoms with Crippen LogP contribution in [0.25, 0.3) is 0 Å². The van der Waals surface area contributed by atoms with E-state index in [4.69, 9.17) is 4.74 Å². The predicted molar refractivity (Wildman–Crippen MR) is 76.8 cm³/mol. The molecule has 7 heteroatoms. The molecular weight excluding hydrogens is 258 g/mol. The molecule has 1 atom stereocenters. The second-order valence-electron chi connectivity index (χ2n) is 5.21. The van der Waals surface area contributed by atoms with E-state index in [0.717, 1.165) is 38.5 Å². The molecule has 1 aromatic rings. The van der Waals surface area contributed by atoms with Gasteiger partial charge in [0.05, 0.1) is 18.9 Å². The number of aromatic nitrogens is 2. The minimum absolute atomic E-state index is 0.0856. The summed E-state index contributed by atoms with van der Waals surface area (Å²) < 4.78 is 6.96. The third-order valence-corrected chi connectivity index (χ3v) is 3.26. The molecule has 0 aromatic carbocycles. The van der Waals surface area contributed by atoms with Gasteiger partial charge in [0.15, 0.2) is 0 Å². The van der Waals surface area contributed by atoms with Crippen molar-refractivity contribution in [2.24, 2.45) is 7.05 Å². The van der Waals surface area contributed by atoms with Crippen LogP contribution >= 0.6 is 0 Å². The first-order valence-corrected chi connectivity index (χ1v) is 6.93. The lowest BCUT2D eigenvalue weighted by Crippen LogP contribution is -2.47. The Morgan fingerprint density at radius 2 is 2.20 bits per heavy atom. The molecule has 1 aliphatic heterocycles. The van der Waals surface area contributed by atoms with Gasteiger partial charge in [0.25, 0.3) is 0 Å². The molecule has 0 aliphatic carbocycles. The van der Waals surface area contributed by atoms with Crippen LogP contribution in [-0.4, -0.2) is 59.6 Å². The van der Waals surface area contributed by atoms with Crippen LogP contribution in [0.15, 0.2) is 6.07 Å². The summed E-state index contributed by atoms with van der Waals surface area (Å²) in [6, 6.07) is 1.72. The molecule has 112 valence electrons. The van der Waals surface area contributed by atoms with Gasteiger partial charge in [-0.2, -0.15) is 5.10 Å². The number of anilines is 1. The van der Waals surface area contributed by atoms with Crippen molar-refractivity contribution >= 4 is 11.8 Å². The summed E-state index contributed by atoms with van der Waals surface area (Å²) in [4.78, 5) is 14.2. The van der Waals surface area contributed by atoms with E-state index < -0.39 is 0 Å². The standard InChI is InChI=1S/C13H23N5O2/c1-10-8-12(17(3)16-10)15-13(19)14-11(2)9-18-4-6-20-7-5-18/h8,11H,4-7,9H2,1-3H3,(H2,14,15,19). The molecule has 2 amide bonds. The van der Waals surface area contributed by atoms with Crippen LogP contribution in [-0.2, 0) is 11.8 Å². The van der Waals surface area contributed by atoms with Crippen molar-refractivity contribution in [3.05, 3.63) is 11.8 Å². The molecule has 0 bridgehead atoms. The first kappa shape index (κ1) is 14.8. The van der Waals surface area contributed by atoms with Crippen LogP contribution in [0.2, 0.25) is 0 Å². The van der Waals surface area contributed by atoms with Gasteiger partial charge in [0, 0.05) is 38.8 Å². The van der Waals surface area contributed by atoms with Crippen molar-refractivity contribution in [3.63, 3.8) is 0 Å². The highest BCUT2D eigenvalue weighted by molar-refractivity contribution is 5.88. The zero-order valence-corrected chi connectivity index (χ0v) is 12.3. The highest BCUT2D eigenvalue weighted by Crippen LogP contribution is 2.07. The number of hydrogen-bond acceptors (Lipinski definition) is 4. The molecule has 1 aliphatic rings. The number of carbonyl (C=O) groups is 1. The van der Waals surface area contributed by atoms with Crippen molar-refractivity contribution in [2.75, 3.05) is 38.2 Å². The van der Waals surface area contributed by atoms with Crippen LogP contribution in [0.5, 0.6) is 0 Å². The maximum Gasteiger partial charge on any atom is 0.320 e. The predicted octanol–water partition coefficient (Wildman–Crippen LogP) is 0.571. The van der Waals surface area contributed by atoms with Crippen LogP contribution < -0.4 is 10.6 Å². The normalized spacial score (nSPS) is 17.8.